The van der Waals surface area contributed by atoms with Crippen LogP contribution in [0.5, 0.6) is 0 Å². The van der Waals surface area contributed by atoms with Crippen LogP contribution in [-0.2, 0) is 14.3 Å². The molecule has 0 saturated carbocycles. The summed E-state index contributed by atoms with van der Waals surface area (Å²) in [6, 6.07) is 9.41. The van der Waals surface area contributed by atoms with Crippen LogP contribution in [-0.4, -0.2) is 22.6 Å². The molecule has 25 heavy (non-hydrogen) atoms. The minimum atomic E-state index is -0.980. The minimum absolute atomic E-state index is 0.160. The SMILES string of the molecule is CC(C)CC(C(=O)O)[C@@H](CC#Cc1ccccc1)C(=O)OC(C)(C)C. The molecule has 1 unspecified atom stereocenters. The molecule has 0 spiro atoms. The highest BCUT2D eigenvalue weighted by Gasteiger charge is 2.36. The van der Waals surface area contributed by atoms with Crippen molar-refractivity contribution in [3.05, 3.63) is 35.9 Å². The fraction of sp³-hybridized carbons (Fsp3) is 0.524. The van der Waals surface area contributed by atoms with Crippen LogP contribution in [0.1, 0.15) is 53.0 Å². The zero-order chi connectivity index (χ0) is 19.0. The summed E-state index contributed by atoms with van der Waals surface area (Å²) in [6.45, 7) is 9.21. The van der Waals surface area contributed by atoms with Gasteiger partial charge >= 0.3 is 11.9 Å². The fourth-order valence-electron chi connectivity index (χ4n) is 2.50. The van der Waals surface area contributed by atoms with Crippen LogP contribution in [0.15, 0.2) is 30.3 Å². The number of rotatable bonds is 6. The largest absolute Gasteiger partial charge is 0.481 e. The van der Waals surface area contributed by atoms with Crippen LogP contribution in [0.25, 0.3) is 0 Å². The standard InChI is InChI=1S/C21H28O4/c1-15(2)14-18(19(22)23)17(20(24)25-21(3,4)5)13-9-12-16-10-7-6-8-11-16/h6-8,10-11,15,17-18H,13-14H2,1-5H3,(H,22,23)/t17-,18?/m1/s1. The van der Waals surface area contributed by atoms with Crippen LogP contribution >= 0.6 is 0 Å². The van der Waals surface area contributed by atoms with Gasteiger partial charge in [0.25, 0.3) is 0 Å². The van der Waals surface area contributed by atoms with Crippen molar-refractivity contribution >= 4 is 11.9 Å². The Morgan fingerprint density at radius 3 is 2.20 bits per heavy atom. The molecule has 0 fully saturated rings. The van der Waals surface area contributed by atoms with Crippen molar-refractivity contribution in [1.29, 1.82) is 0 Å². The first-order valence-electron chi connectivity index (χ1n) is 8.59. The van der Waals surface area contributed by atoms with Gasteiger partial charge in [0.05, 0.1) is 11.8 Å². The lowest BCUT2D eigenvalue weighted by molar-refractivity contribution is -0.166. The van der Waals surface area contributed by atoms with E-state index in [-0.39, 0.29) is 12.3 Å². The van der Waals surface area contributed by atoms with Gasteiger partial charge in [0.1, 0.15) is 5.60 Å². The van der Waals surface area contributed by atoms with Gasteiger partial charge in [-0.1, -0.05) is 43.9 Å². The zero-order valence-corrected chi connectivity index (χ0v) is 15.7. The Morgan fingerprint density at radius 2 is 1.72 bits per heavy atom. The lowest BCUT2D eigenvalue weighted by Gasteiger charge is -2.27. The molecule has 0 aliphatic rings. The van der Waals surface area contributed by atoms with Crippen molar-refractivity contribution in [2.75, 3.05) is 0 Å². The van der Waals surface area contributed by atoms with Gasteiger partial charge in [-0.25, -0.2) is 0 Å². The van der Waals surface area contributed by atoms with Gasteiger partial charge in [-0.2, -0.15) is 0 Å². The van der Waals surface area contributed by atoms with Gasteiger partial charge in [-0.05, 0) is 45.2 Å². The molecule has 4 nitrogen and oxygen atoms in total. The predicted molar refractivity (Wildman–Crippen MR) is 97.9 cm³/mol. The maximum Gasteiger partial charge on any atom is 0.311 e. The quantitative estimate of drug-likeness (QED) is 0.622. The predicted octanol–water partition coefficient (Wildman–Crippen LogP) is 4.13. The van der Waals surface area contributed by atoms with E-state index in [0.717, 1.165) is 5.56 Å². The number of ether oxygens (including phenoxy) is 1. The first-order chi connectivity index (χ1) is 11.6. The van der Waals surface area contributed by atoms with Crippen molar-refractivity contribution in [3.63, 3.8) is 0 Å². The number of hydrogen-bond donors (Lipinski definition) is 1. The zero-order valence-electron chi connectivity index (χ0n) is 15.7. The second kappa shape index (κ2) is 9.27. The molecule has 0 aromatic heterocycles. The lowest BCUT2D eigenvalue weighted by atomic mass is 9.83. The molecule has 4 heteroatoms. The summed E-state index contributed by atoms with van der Waals surface area (Å²) >= 11 is 0. The Balaban J connectivity index is 3.03. The van der Waals surface area contributed by atoms with Crippen LogP contribution in [0.3, 0.4) is 0 Å². The summed E-state index contributed by atoms with van der Waals surface area (Å²) in [5.41, 5.74) is 0.171. The van der Waals surface area contributed by atoms with Crippen LogP contribution in [0.2, 0.25) is 0 Å². The molecule has 1 rings (SSSR count). The molecule has 0 bridgehead atoms. The Bertz CT molecular complexity index is 629. The Labute approximate surface area is 150 Å². The summed E-state index contributed by atoms with van der Waals surface area (Å²) in [7, 11) is 0. The second-order valence-electron chi connectivity index (χ2n) is 7.59. The normalized spacial score (nSPS) is 13.5. The molecule has 136 valence electrons. The maximum atomic E-state index is 12.6. The summed E-state index contributed by atoms with van der Waals surface area (Å²) in [6.07, 6.45) is 0.569. The summed E-state index contributed by atoms with van der Waals surface area (Å²) in [5, 5.41) is 9.60. The lowest BCUT2D eigenvalue weighted by Crippen LogP contribution is -2.36. The third kappa shape index (κ3) is 7.89. The number of hydrogen-bond acceptors (Lipinski definition) is 3. The smallest absolute Gasteiger partial charge is 0.311 e. The average Bonchev–Trinajstić information content (AvgIpc) is 2.48. The van der Waals surface area contributed by atoms with Gasteiger partial charge in [-0.3, -0.25) is 9.59 Å². The molecular formula is C21H28O4. The van der Waals surface area contributed by atoms with Crippen molar-refractivity contribution in [2.45, 2.75) is 53.1 Å². The van der Waals surface area contributed by atoms with Gasteiger partial charge < -0.3 is 9.84 Å². The fourth-order valence-corrected chi connectivity index (χ4v) is 2.50. The van der Waals surface area contributed by atoms with Crippen LogP contribution < -0.4 is 0 Å². The molecule has 0 heterocycles. The molecule has 1 N–H and O–H groups in total. The number of benzene rings is 1. The average molecular weight is 344 g/mol. The molecule has 0 aliphatic heterocycles. The Kier molecular flexibility index (Phi) is 7.70. The van der Waals surface area contributed by atoms with E-state index >= 15 is 0 Å². The molecule has 0 radical (unpaired) electrons. The molecule has 0 amide bonds. The number of carboxylic acids is 1. The Morgan fingerprint density at radius 1 is 1.12 bits per heavy atom. The van der Waals surface area contributed by atoms with E-state index in [0.29, 0.717) is 6.42 Å². The topological polar surface area (TPSA) is 63.6 Å². The highest BCUT2D eigenvalue weighted by Crippen LogP contribution is 2.27. The summed E-state index contributed by atoms with van der Waals surface area (Å²) in [5.74, 6) is 3.05. The first kappa shape index (κ1) is 20.8. The monoisotopic (exact) mass is 344 g/mol. The molecule has 0 aliphatic carbocycles. The number of carbonyl (C=O) groups excluding carboxylic acids is 1. The van der Waals surface area contributed by atoms with Crippen molar-refractivity contribution < 1.29 is 19.4 Å². The molecular weight excluding hydrogens is 316 g/mol. The highest BCUT2D eigenvalue weighted by molar-refractivity contribution is 5.81. The van der Waals surface area contributed by atoms with Crippen LogP contribution in [0.4, 0.5) is 0 Å². The van der Waals surface area contributed by atoms with E-state index in [1.807, 2.05) is 44.2 Å². The second-order valence-corrected chi connectivity index (χ2v) is 7.59. The highest BCUT2D eigenvalue weighted by atomic mass is 16.6. The Hall–Kier alpha value is -2.28. The van der Waals surface area contributed by atoms with Gasteiger partial charge in [0.15, 0.2) is 0 Å². The van der Waals surface area contributed by atoms with Gasteiger partial charge in [0, 0.05) is 12.0 Å². The van der Waals surface area contributed by atoms with Crippen LogP contribution in [0, 0.1) is 29.6 Å². The summed E-state index contributed by atoms with van der Waals surface area (Å²) < 4.78 is 5.45. The minimum Gasteiger partial charge on any atom is -0.481 e. The van der Waals surface area contributed by atoms with E-state index in [2.05, 4.69) is 11.8 Å². The molecule has 1 aromatic carbocycles. The van der Waals surface area contributed by atoms with Gasteiger partial charge in [0.2, 0.25) is 0 Å². The van der Waals surface area contributed by atoms with E-state index in [1.165, 1.54) is 0 Å². The summed E-state index contributed by atoms with van der Waals surface area (Å²) in [4.78, 5) is 24.3. The molecule has 2 atom stereocenters. The third-order valence-corrected chi connectivity index (χ3v) is 3.57. The van der Waals surface area contributed by atoms with E-state index < -0.39 is 29.4 Å². The first-order valence-corrected chi connectivity index (χ1v) is 8.59. The number of aliphatic carboxylic acids is 1. The van der Waals surface area contributed by atoms with Crippen molar-refractivity contribution in [3.8, 4) is 11.8 Å². The maximum absolute atomic E-state index is 12.6. The van der Waals surface area contributed by atoms with E-state index in [9.17, 15) is 14.7 Å². The van der Waals surface area contributed by atoms with Gasteiger partial charge in [-0.15, -0.1) is 0 Å². The van der Waals surface area contributed by atoms with E-state index in [1.54, 1.807) is 20.8 Å². The van der Waals surface area contributed by atoms with Crippen molar-refractivity contribution in [1.82, 2.24) is 0 Å². The molecule has 0 saturated heterocycles. The number of esters is 1. The van der Waals surface area contributed by atoms with E-state index in [4.69, 9.17) is 4.74 Å². The van der Waals surface area contributed by atoms with Crippen molar-refractivity contribution in [2.24, 2.45) is 17.8 Å². The molecule has 1 aromatic rings. The number of carboxylic acid groups (broad SMARTS) is 1. The third-order valence-electron chi connectivity index (χ3n) is 3.57. The number of carbonyl (C=O) groups is 2.